The van der Waals surface area contributed by atoms with Crippen LogP contribution in [0.1, 0.15) is 50.7 Å². The minimum Gasteiger partial charge on any atom is -0.496 e. The second-order valence-corrected chi connectivity index (χ2v) is 6.60. The molecule has 0 saturated heterocycles. The van der Waals surface area contributed by atoms with Gasteiger partial charge in [0.1, 0.15) is 5.75 Å². The molecular weight excluding hydrogens is 274 g/mol. The number of aliphatic hydroxyl groups is 1. The van der Waals surface area contributed by atoms with E-state index >= 15 is 0 Å². The molecule has 0 aromatic heterocycles. The van der Waals surface area contributed by atoms with E-state index in [4.69, 9.17) is 4.74 Å². The first-order chi connectivity index (χ1) is 10.7. The van der Waals surface area contributed by atoms with Crippen LogP contribution in [0.2, 0.25) is 0 Å². The first-order valence-corrected chi connectivity index (χ1v) is 8.67. The summed E-state index contributed by atoms with van der Waals surface area (Å²) in [7, 11) is 1.76. The van der Waals surface area contributed by atoms with Crippen LogP contribution in [0, 0.1) is 5.41 Å². The van der Waals surface area contributed by atoms with E-state index in [0.717, 1.165) is 50.8 Å². The first kappa shape index (κ1) is 17.3. The standard InChI is InChI=1S/C19H31NO2/c1-4-19(5-2,11-12-21)14-20-16-9-10-17-15(13-16)7-6-8-18(17)22-3/h6-8,16,20-21H,4-5,9-14H2,1-3H3/t16-/m0/s1. The highest BCUT2D eigenvalue weighted by atomic mass is 16.5. The smallest absolute Gasteiger partial charge is 0.122 e. The molecule has 1 aromatic carbocycles. The zero-order valence-electron chi connectivity index (χ0n) is 14.3. The Bertz CT molecular complexity index is 469. The van der Waals surface area contributed by atoms with Crippen LogP contribution in [0.4, 0.5) is 0 Å². The van der Waals surface area contributed by atoms with Crippen LogP contribution in [-0.4, -0.2) is 31.4 Å². The zero-order valence-corrected chi connectivity index (χ0v) is 14.3. The lowest BCUT2D eigenvalue weighted by Gasteiger charge is -2.35. The summed E-state index contributed by atoms with van der Waals surface area (Å²) in [6.45, 7) is 5.77. The Morgan fingerprint density at radius 3 is 2.73 bits per heavy atom. The number of ether oxygens (including phenoxy) is 1. The van der Waals surface area contributed by atoms with Crippen molar-refractivity contribution < 1.29 is 9.84 Å². The highest BCUT2D eigenvalue weighted by Crippen LogP contribution is 2.32. The van der Waals surface area contributed by atoms with Crippen LogP contribution in [0.25, 0.3) is 0 Å². The summed E-state index contributed by atoms with van der Waals surface area (Å²) in [6.07, 6.45) is 6.46. The molecule has 1 atom stereocenters. The van der Waals surface area contributed by atoms with Crippen LogP contribution in [0.15, 0.2) is 18.2 Å². The van der Waals surface area contributed by atoms with Crippen molar-refractivity contribution in [2.24, 2.45) is 5.41 Å². The average molecular weight is 305 g/mol. The Kier molecular flexibility index (Phi) is 6.27. The summed E-state index contributed by atoms with van der Waals surface area (Å²) in [4.78, 5) is 0. The minimum absolute atomic E-state index is 0.239. The second-order valence-electron chi connectivity index (χ2n) is 6.60. The van der Waals surface area contributed by atoms with Gasteiger partial charge in [0, 0.05) is 19.2 Å². The van der Waals surface area contributed by atoms with Gasteiger partial charge in [0.15, 0.2) is 0 Å². The van der Waals surface area contributed by atoms with Gasteiger partial charge in [-0.1, -0.05) is 26.0 Å². The van der Waals surface area contributed by atoms with Crippen molar-refractivity contribution in [1.82, 2.24) is 5.32 Å². The van der Waals surface area contributed by atoms with Crippen LogP contribution >= 0.6 is 0 Å². The van der Waals surface area contributed by atoms with Crippen molar-refractivity contribution in [1.29, 1.82) is 0 Å². The third-order valence-corrected chi connectivity index (χ3v) is 5.57. The summed E-state index contributed by atoms with van der Waals surface area (Å²) < 4.78 is 5.48. The number of hydrogen-bond acceptors (Lipinski definition) is 3. The van der Waals surface area contributed by atoms with Gasteiger partial charge in [0.25, 0.3) is 0 Å². The summed E-state index contributed by atoms with van der Waals surface area (Å²) >= 11 is 0. The molecule has 0 unspecified atom stereocenters. The maximum atomic E-state index is 9.35. The molecule has 0 bridgehead atoms. The Labute approximate surface area is 135 Å². The zero-order chi connectivity index (χ0) is 16.0. The molecule has 0 fully saturated rings. The summed E-state index contributed by atoms with van der Waals surface area (Å²) in [6, 6.07) is 6.92. The van der Waals surface area contributed by atoms with E-state index in [-0.39, 0.29) is 12.0 Å². The molecular formula is C19H31NO2. The number of benzene rings is 1. The van der Waals surface area contributed by atoms with Crippen molar-refractivity contribution in [3.63, 3.8) is 0 Å². The molecule has 0 radical (unpaired) electrons. The van der Waals surface area contributed by atoms with E-state index < -0.39 is 0 Å². The van der Waals surface area contributed by atoms with Gasteiger partial charge in [-0.05, 0) is 61.1 Å². The third-order valence-electron chi connectivity index (χ3n) is 5.57. The molecule has 2 rings (SSSR count). The maximum absolute atomic E-state index is 9.35. The van der Waals surface area contributed by atoms with E-state index in [2.05, 4.69) is 37.4 Å². The molecule has 3 heteroatoms. The Balaban J connectivity index is 1.98. The lowest BCUT2D eigenvalue weighted by molar-refractivity contribution is 0.158. The van der Waals surface area contributed by atoms with Crippen LogP contribution in [0.3, 0.4) is 0 Å². The van der Waals surface area contributed by atoms with Gasteiger partial charge in [-0.25, -0.2) is 0 Å². The normalized spacial score (nSPS) is 18.1. The van der Waals surface area contributed by atoms with Crippen molar-refractivity contribution in [3.05, 3.63) is 29.3 Å². The SMILES string of the molecule is CCC(CC)(CCO)CN[C@H]1CCc2c(cccc2OC)C1. The quantitative estimate of drug-likeness (QED) is 0.774. The summed E-state index contributed by atoms with van der Waals surface area (Å²) in [5.41, 5.74) is 3.04. The van der Waals surface area contributed by atoms with E-state index in [9.17, 15) is 5.11 Å². The molecule has 0 heterocycles. The topological polar surface area (TPSA) is 41.5 Å². The molecule has 0 aliphatic heterocycles. The summed E-state index contributed by atoms with van der Waals surface area (Å²) in [5.74, 6) is 1.03. The molecule has 1 aliphatic carbocycles. The van der Waals surface area contributed by atoms with Gasteiger partial charge < -0.3 is 15.2 Å². The molecule has 1 aromatic rings. The minimum atomic E-state index is 0.239. The monoisotopic (exact) mass is 305 g/mol. The third kappa shape index (κ3) is 3.82. The fourth-order valence-corrected chi connectivity index (χ4v) is 3.68. The number of methoxy groups -OCH3 is 1. The lowest BCUT2D eigenvalue weighted by atomic mass is 9.78. The van der Waals surface area contributed by atoms with Gasteiger partial charge in [-0.15, -0.1) is 0 Å². The predicted molar refractivity (Wildman–Crippen MR) is 91.5 cm³/mol. The molecule has 1 aliphatic rings. The number of rotatable bonds is 8. The van der Waals surface area contributed by atoms with Gasteiger partial charge in [-0.3, -0.25) is 0 Å². The lowest BCUT2D eigenvalue weighted by Crippen LogP contribution is -2.42. The predicted octanol–water partition coefficient (Wildman–Crippen LogP) is 3.33. The molecule has 0 amide bonds. The fraction of sp³-hybridized carbons (Fsp3) is 0.684. The van der Waals surface area contributed by atoms with Crippen LogP contribution < -0.4 is 10.1 Å². The van der Waals surface area contributed by atoms with E-state index in [1.807, 2.05) is 0 Å². The van der Waals surface area contributed by atoms with Crippen molar-refractivity contribution in [2.45, 2.75) is 58.4 Å². The first-order valence-electron chi connectivity index (χ1n) is 8.67. The highest BCUT2D eigenvalue weighted by Gasteiger charge is 2.28. The number of aliphatic hydroxyl groups excluding tert-OH is 1. The van der Waals surface area contributed by atoms with Crippen molar-refractivity contribution in [3.8, 4) is 5.75 Å². The van der Waals surface area contributed by atoms with Gasteiger partial charge in [0.05, 0.1) is 7.11 Å². The van der Waals surface area contributed by atoms with E-state index in [1.165, 1.54) is 11.1 Å². The molecule has 0 saturated carbocycles. The highest BCUT2D eigenvalue weighted by molar-refractivity contribution is 5.42. The molecule has 22 heavy (non-hydrogen) atoms. The number of fused-ring (bicyclic) bond motifs is 1. The average Bonchev–Trinajstić information content (AvgIpc) is 2.58. The Morgan fingerprint density at radius 2 is 2.09 bits per heavy atom. The number of nitrogens with one attached hydrogen (secondary N) is 1. The Morgan fingerprint density at radius 1 is 1.32 bits per heavy atom. The molecule has 0 spiro atoms. The van der Waals surface area contributed by atoms with E-state index in [0.29, 0.717) is 6.04 Å². The Hall–Kier alpha value is -1.06. The van der Waals surface area contributed by atoms with Crippen LogP contribution in [0.5, 0.6) is 5.75 Å². The van der Waals surface area contributed by atoms with Crippen LogP contribution in [-0.2, 0) is 12.8 Å². The van der Waals surface area contributed by atoms with Gasteiger partial charge in [0.2, 0.25) is 0 Å². The second kappa shape index (κ2) is 7.98. The molecule has 124 valence electrons. The van der Waals surface area contributed by atoms with Gasteiger partial charge >= 0.3 is 0 Å². The summed E-state index contributed by atoms with van der Waals surface area (Å²) in [5, 5.41) is 13.1. The fourth-order valence-electron chi connectivity index (χ4n) is 3.68. The van der Waals surface area contributed by atoms with E-state index in [1.54, 1.807) is 7.11 Å². The number of hydrogen-bond donors (Lipinski definition) is 2. The van der Waals surface area contributed by atoms with Crippen molar-refractivity contribution in [2.75, 3.05) is 20.3 Å². The van der Waals surface area contributed by atoms with Crippen molar-refractivity contribution >= 4 is 0 Å². The molecule has 3 nitrogen and oxygen atoms in total. The molecule has 2 N–H and O–H groups in total. The largest absolute Gasteiger partial charge is 0.496 e. The maximum Gasteiger partial charge on any atom is 0.122 e. The van der Waals surface area contributed by atoms with Gasteiger partial charge in [-0.2, -0.15) is 0 Å².